The van der Waals surface area contributed by atoms with Crippen LogP contribution in [-0.4, -0.2) is 40.3 Å². The highest BCUT2D eigenvalue weighted by molar-refractivity contribution is 5.87. The second kappa shape index (κ2) is 5.64. The summed E-state index contributed by atoms with van der Waals surface area (Å²) in [5.41, 5.74) is 0.796. The Bertz CT molecular complexity index is 572. The molecule has 108 valence electrons. The first kappa shape index (κ1) is 13.1. The van der Waals surface area contributed by atoms with E-state index in [-0.39, 0.29) is 0 Å². The zero-order valence-corrected chi connectivity index (χ0v) is 12.2. The number of anilines is 2. The lowest BCUT2D eigenvalue weighted by molar-refractivity contribution is 0.545. The zero-order chi connectivity index (χ0) is 13.9. The fourth-order valence-corrected chi connectivity index (χ4v) is 3.01. The molecule has 0 aromatic carbocycles. The highest BCUT2D eigenvalue weighted by Gasteiger charge is 2.20. The quantitative estimate of drug-likeness (QED) is 0.876. The van der Waals surface area contributed by atoms with Crippen LogP contribution in [0.2, 0.25) is 0 Å². The maximum Gasteiger partial charge on any atom is 0.226 e. The molecule has 0 radical (unpaired) electrons. The van der Waals surface area contributed by atoms with E-state index in [1.807, 2.05) is 13.1 Å². The molecule has 1 saturated carbocycles. The first-order valence-corrected chi connectivity index (χ1v) is 7.44. The van der Waals surface area contributed by atoms with Crippen LogP contribution in [0.5, 0.6) is 0 Å². The normalized spacial score (nSPS) is 15.9. The molecule has 0 saturated heterocycles. The molecule has 0 aliphatic heterocycles. The predicted octanol–water partition coefficient (Wildman–Crippen LogP) is 2.41. The van der Waals surface area contributed by atoms with Crippen molar-refractivity contribution in [2.45, 2.75) is 32.6 Å². The topological polar surface area (TPSA) is 69.7 Å². The minimum atomic E-state index is 0.664. The summed E-state index contributed by atoms with van der Waals surface area (Å²) >= 11 is 0. The Morgan fingerprint density at radius 1 is 1.35 bits per heavy atom. The molecule has 3 rings (SSSR count). The van der Waals surface area contributed by atoms with E-state index in [1.165, 1.54) is 25.7 Å². The Morgan fingerprint density at radius 3 is 2.90 bits per heavy atom. The van der Waals surface area contributed by atoms with E-state index in [4.69, 9.17) is 0 Å². The minimum absolute atomic E-state index is 0.664. The van der Waals surface area contributed by atoms with Gasteiger partial charge in [0, 0.05) is 20.1 Å². The Balaban J connectivity index is 1.89. The lowest BCUT2D eigenvalue weighted by Crippen LogP contribution is -2.25. The molecule has 20 heavy (non-hydrogen) atoms. The highest BCUT2D eigenvalue weighted by atomic mass is 15.2. The fourth-order valence-electron chi connectivity index (χ4n) is 3.01. The van der Waals surface area contributed by atoms with E-state index in [2.05, 4.69) is 37.4 Å². The van der Waals surface area contributed by atoms with Gasteiger partial charge in [0.1, 0.15) is 5.82 Å². The summed E-state index contributed by atoms with van der Waals surface area (Å²) in [7, 11) is 2.11. The Hall–Kier alpha value is -1.85. The predicted molar refractivity (Wildman–Crippen MR) is 81.1 cm³/mol. The number of nitrogens with zero attached hydrogens (tertiary/aromatic N) is 4. The van der Waals surface area contributed by atoms with Gasteiger partial charge >= 0.3 is 0 Å². The van der Waals surface area contributed by atoms with Crippen molar-refractivity contribution < 1.29 is 0 Å². The monoisotopic (exact) mass is 274 g/mol. The maximum absolute atomic E-state index is 4.65. The molecule has 0 amide bonds. The van der Waals surface area contributed by atoms with Crippen molar-refractivity contribution >= 4 is 22.8 Å². The van der Waals surface area contributed by atoms with Crippen molar-refractivity contribution in [2.24, 2.45) is 5.92 Å². The van der Waals surface area contributed by atoms with Crippen LogP contribution < -0.4 is 10.2 Å². The standard InChI is InChI=1S/C14H22N6/c1-3-15-14-17-12-11(8-16-19-12)13(18-14)20(2)9-10-6-4-5-7-10/h8,10H,3-7,9H2,1-2H3,(H2,15,16,17,18,19). The average molecular weight is 274 g/mol. The zero-order valence-electron chi connectivity index (χ0n) is 12.2. The second-order valence-electron chi connectivity index (χ2n) is 5.56. The molecule has 2 N–H and O–H groups in total. The molecule has 2 heterocycles. The van der Waals surface area contributed by atoms with Crippen molar-refractivity contribution in [2.75, 3.05) is 30.4 Å². The summed E-state index contributed by atoms with van der Waals surface area (Å²) in [5.74, 6) is 2.42. The summed E-state index contributed by atoms with van der Waals surface area (Å²) < 4.78 is 0. The first-order valence-electron chi connectivity index (χ1n) is 7.44. The molecule has 2 aromatic heterocycles. The summed E-state index contributed by atoms with van der Waals surface area (Å²) in [6.07, 6.45) is 7.22. The Kier molecular flexibility index (Phi) is 3.71. The van der Waals surface area contributed by atoms with Crippen molar-refractivity contribution in [3.8, 4) is 0 Å². The molecule has 6 heteroatoms. The van der Waals surface area contributed by atoms with Gasteiger partial charge in [-0.25, -0.2) is 0 Å². The van der Waals surface area contributed by atoms with Crippen molar-refractivity contribution in [1.29, 1.82) is 0 Å². The van der Waals surface area contributed by atoms with Gasteiger partial charge in [0.2, 0.25) is 5.95 Å². The summed E-state index contributed by atoms with van der Waals surface area (Å²) in [5, 5.41) is 11.2. The minimum Gasteiger partial charge on any atom is -0.359 e. The number of H-pyrrole nitrogens is 1. The number of rotatable bonds is 5. The van der Waals surface area contributed by atoms with Crippen molar-refractivity contribution in [3.63, 3.8) is 0 Å². The van der Waals surface area contributed by atoms with Gasteiger partial charge in [-0.15, -0.1) is 0 Å². The lowest BCUT2D eigenvalue weighted by atomic mass is 10.1. The van der Waals surface area contributed by atoms with E-state index in [0.717, 1.165) is 35.9 Å². The lowest BCUT2D eigenvalue weighted by Gasteiger charge is -2.22. The Labute approximate surface area is 119 Å². The van der Waals surface area contributed by atoms with Gasteiger partial charge in [0.15, 0.2) is 5.65 Å². The third-order valence-electron chi connectivity index (χ3n) is 3.99. The molecule has 1 aliphatic carbocycles. The van der Waals surface area contributed by atoms with Crippen molar-refractivity contribution in [3.05, 3.63) is 6.20 Å². The van der Waals surface area contributed by atoms with Gasteiger partial charge in [-0.1, -0.05) is 12.8 Å². The van der Waals surface area contributed by atoms with E-state index in [1.54, 1.807) is 0 Å². The number of hydrogen-bond donors (Lipinski definition) is 2. The van der Waals surface area contributed by atoms with Crippen LogP contribution in [0.4, 0.5) is 11.8 Å². The van der Waals surface area contributed by atoms with Gasteiger partial charge < -0.3 is 10.2 Å². The Morgan fingerprint density at radius 2 is 2.15 bits per heavy atom. The van der Waals surface area contributed by atoms with Gasteiger partial charge in [0.05, 0.1) is 11.6 Å². The van der Waals surface area contributed by atoms with E-state index >= 15 is 0 Å². The average Bonchev–Trinajstić information content (AvgIpc) is 3.08. The molecule has 0 spiro atoms. The maximum atomic E-state index is 4.65. The SMILES string of the molecule is CCNc1nc(N(C)CC2CCCC2)c2cn[nH]c2n1. The summed E-state index contributed by atoms with van der Waals surface area (Å²) in [6.45, 7) is 3.91. The molecule has 1 aliphatic rings. The van der Waals surface area contributed by atoms with Crippen molar-refractivity contribution in [1.82, 2.24) is 20.2 Å². The van der Waals surface area contributed by atoms with Crippen LogP contribution in [0.3, 0.4) is 0 Å². The number of hydrogen-bond acceptors (Lipinski definition) is 5. The van der Waals surface area contributed by atoms with Gasteiger partial charge in [0.25, 0.3) is 0 Å². The molecule has 0 unspecified atom stereocenters. The summed E-state index contributed by atoms with van der Waals surface area (Å²) in [4.78, 5) is 11.3. The van der Waals surface area contributed by atoms with Gasteiger partial charge in [-0.3, -0.25) is 5.10 Å². The van der Waals surface area contributed by atoms with Crippen LogP contribution in [0.15, 0.2) is 6.20 Å². The molecule has 0 bridgehead atoms. The number of nitrogens with one attached hydrogen (secondary N) is 2. The first-order chi connectivity index (χ1) is 9.78. The third kappa shape index (κ3) is 2.55. The molecular weight excluding hydrogens is 252 g/mol. The third-order valence-corrected chi connectivity index (χ3v) is 3.99. The van der Waals surface area contributed by atoms with Crippen LogP contribution >= 0.6 is 0 Å². The molecule has 2 aromatic rings. The van der Waals surface area contributed by atoms with Crippen LogP contribution in [0.25, 0.3) is 11.0 Å². The smallest absolute Gasteiger partial charge is 0.226 e. The number of aromatic nitrogens is 4. The van der Waals surface area contributed by atoms with Crippen LogP contribution in [0.1, 0.15) is 32.6 Å². The number of fused-ring (bicyclic) bond motifs is 1. The molecule has 6 nitrogen and oxygen atoms in total. The largest absolute Gasteiger partial charge is 0.359 e. The number of aromatic amines is 1. The van der Waals surface area contributed by atoms with E-state index in [0.29, 0.717) is 5.95 Å². The van der Waals surface area contributed by atoms with Gasteiger partial charge in [-0.05, 0) is 25.7 Å². The van der Waals surface area contributed by atoms with E-state index in [9.17, 15) is 0 Å². The summed E-state index contributed by atoms with van der Waals surface area (Å²) in [6, 6.07) is 0. The molecule has 0 atom stereocenters. The van der Waals surface area contributed by atoms with Crippen LogP contribution in [0, 0.1) is 5.92 Å². The van der Waals surface area contributed by atoms with E-state index < -0.39 is 0 Å². The van der Waals surface area contributed by atoms with Crippen LogP contribution in [-0.2, 0) is 0 Å². The highest BCUT2D eigenvalue weighted by Crippen LogP contribution is 2.29. The second-order valence-corrected chi connectivity index (χ2v) is 5.56. The van der Waals surface area contributed by atoms with Gasteiger partial charge in [-0.2, -0.15) is 15.1 Å². The molecular formula is C14H22N6. The molecule has 1 fully saturated rings. The fraction of sp³-hybridized carbons (Fsp3) is 0.643.